The number of nitrogens with zero attached hydrogens (tertiary/aromatic N) is 4. The van der Waals surface area contributed by atoms with Crippen molar-refractivity contribution in [2.45, 2.75) is 32.8 Å². The molecule has 0 aliphatic rings. The third-order valence-corrected chi connectivity index (χ3v) is 4.61. The Kier molecular flexibility index (Phi) is 8.09. The zero-order valence-electron chi connectivity index (χ0n) is 19.6. The van der Waals surface area contributed by atoms with Crippen LogP contribution in [0.25, 0.3) is 16.8 Å². The van der Waals surface area contributed by atoms with Crippen LogP contribution < -0.4 is 9.64 Å². The van der Waals surface area contributed by atoms with E-state index >= 15 is 0 Å². The standard InChI is InChI=1S/C25H30N4O3/c1-25(2,3)32-24(30)29(6)10-7-11-31-23-15-20-14-22(28(4)5)9-8-19(20)13-21(23)12-18(16-26)17-27/h8-9,12-15H,7,10-11H2,1-6H3. The molecule has 168 valence electrons. The third kappa shape index (κ3) is 6.92. The molecular formula is C25H30N4O3. The smallest absolute Gasteiger partial charge is 0.410 e. The summed E-state index contributed by atoms with van der Waals surface area (Å²) < 4.78 is 11.4. The number of benzene rings is 2. The fourth-order valence-electron chi connectivity index (χ4n) is 2.96. The number of carbonyl (C=O) groups excluding carboxylic acids is 1. The Hall–Kier alpha value is -3.71. The molecule has 0 fully saturated rings. The van der Waals surface area contributed by atoms with Gasteiger partial charge in [-0.2, -0.15) is 10.5 Å². The summed E-state index contributed by atoms with van der Waals surface area (Å²) >= 11 is 0. The molecular weight excluding hydrogens is 404 g/mol. The molecule has 0 N–H and O–H groups in total. The van der Waals surface area contributed by atoms with E-state index in [0.29, 0.717) is 30.9 Å². The summed E-state index contributed by atoms with van der Waals surface area (Å²) in [4.78, 5) is 15.6. The van der Waals surface area contributed by atoms with Crippen molar-refractivity contribution >= 4 is 28.6 Å². The molecule has 0 aliphatic heterocycles. The molecule has 2 rings (SSSR count). The zero-order valence-corrected chi connectivity index (χ0v) is 19.6. The summed E-state index contributed by atoms with van der Waals surface area (Å²) in [5, 5.41) is 20.3. The molecule has 0 atom stereocenters. The molecule has 0 aromatic heterocycles. The number of ether oxygens (including phenoxy) is 2. The molecule has 0 aliphatic carbocycles. The molecule has 0 saturated carbocycles. The van der Waals surface area contributed by atoms with Gasteiger partial charge in [0.05, 0.1) is 6.61 Å². The van der Waals surface area contributed by atoms with E-state index in [9.17, 15) is 4.79 Å². The summed E-state index contributed by atoms with van der Waals surface area (Å²) in [6.07, 6.45) is 1.75. The van der Waals surface area contributed by atoms with Crippen molar-refractivity contribution < 1.29 is 14.3 Å². The Bertz CT molecular complexity index is 1070. The number of fused-ring (bicyclic) bond motifs is 1. The Balaban J connectivity index is 2.20. The van der Waals surface area contributed by atoms with Crippen LogP contribution in [-0.4, -0.2) is 50.9 Å². The quantitative estimate of drug-likeness (QED) is 0.451. The van der Waals surface area contributed by atoms with Gasteiger partial charge in [-0.05, 0) is 68.3 Å². The van der Waals surface area contributed by atoms with Gasteiger partial charge in [-0.15, -0.1) is 0 Å². The molecule has 7 heteroatoms. The highest BCUT2D eigenvalue weighted by Gasteiger charge is 2.19. The third-order valence-electron chi connectivity index (χ3n) is 4.61. The maximum atomic E-state index is 12.1. The van der Waals surface area contributed by atoms with Gasteiger partial charge in [0.2, 0.25) is 0 Å². The van der Waals surface area contributed by atoms with Gasteiger partial charge in [-0.1, -0.05) is 6.07 Å². The molecule has 2 aromatic carbocycles. The Labute approximate surface area is 190 Å². The topological polar surface area (TPSA) is 89.6 Å². The number of carbonyl (C=O) groups is 1. The summed E-state index contributed by atoms with van der Waals surface area (Å²) in [5.74, 6) is 0.580. The largest absolute Gasteiger partial charge is 0.493 e. The van der Waals surface area contributed by atoms with Crippen LogP contribution in [0.5, 0.6) is 5.75 Å². The molecule has 32 heavy (non-hydrogen) atoms. The maximum absolute atomic E-state index is 12.1. The van der Waals surface area contributed by atoms with Crippen molar-refractivity contribution in [3.63, 3.8) is 0 Å². The Morgan fingerprint density at radius 2 is 1.75 bits per heavy atom. The lowest BCUT2D eigenvalue weighted by atomic mass is 10.0. The molecule has 0 spiro atoms. The van der Waals surface area contributed by atoms with E-state index in [1.54, 1.807) is 7.05 Å². The van der Waals surface area contributed by atoms with Gasteiger partial charge >= 0.3 is 6.09 Å². The zero-order chi connectivity index (χ0) is 23.9. The number of amides is 1. The number of allylic oxidation sites excluding steroid dienone is 1. The summed E-state index contributed by atoms with van der Waals surface area (Å²) in [7, 11) is 5.64. The van der Waals surface area contributed by atoms with Crippen molar-refractivity contribution in [1.82, 2.24) is 4.90 Å². The molecule has 0 radical (unpaired) electrons. The van der Waals surface area contributed by atoms with E-state index in [-0.39, 0.29) is 11.7 Å². The van der Waals surface area contributed by atoms with Gasteiger partial charge in [0.1, 0.15) is 29.1 Å². The van der Waals surface area contributed by atoms with Crippen LogP contribution in [0.3, 0.4) is 0 Å². The SMILES string of the molecule is CN(CCCOc1cc2cc(N(C)C)ccc2cc1C=C(C#N)C#N)C(=O)OC(C)(C)C. The van der Waals surface area contributed by atoms with Crippen LogP contribution in [0.2, 0.25) is 0 Å². The highest BCUT2D eigenvalue weighted by Crippen LogP contribution is 2.30. The predicted molar refractivity (Wildman–Crippen MR) is 126 cm³/mol. The van der Waals surface area contributed by atoms with Crippen molar-refractivity contribution in [3.05, 3.63) is 41.5 Å². The van der Waals surface area contributed by atoms with E-state index in [0.717, 1.165) is 16.5 Å². The van der Waals surface area contributed by atoms with Crippen LogP contribution in [0.4, 0.5) is 10.5 Å². The molecule has 1 amide bonds. The Morgan fingerprint density at radius 3 is 2.34 bits per heavy atom. The molecule has 0 unspecified atom stereocenters. The second-order valence-corrected chi connectivity index (χ2v) is 8.70. The Morgan fingerprint density at radius 1 is 1.06 bits per heavy atom. The molecule has 0 bridgehead atoms. The second kappa shape index (κ2) is 10.5. The average molecular weight is 435 g/mol. The highest BCUT2D eigenvalue weighted by molar-refractivity contribution is 5.90. The summed E-state index contributed by atoms with van der Waals surface area (Å²) in [6.45, 7) is 6.32. The van der Waals surface area contributed by atoms with Crippen LogP contribution in [0.15, 0.2) is 35.9 Å². The van der Waals surface area contributed by atoms with Crippen LogP contribution in [0, 0.1) is 22.7 Å². The number of hydrogen-bond acceptors (Lipinski definition) is 6. The predicted octanol–water partition coefficient (Wildman–Crippen LogP) is 4.97. The van der Waals surface area contributed by atoms with E-state index < -0.39 is 5.60 Å². The first-order chi connectivity index (χ1) is 15.0. The van der Waals surface area contributed by atoms with E-state index in [1.165, 1.54) is 11.0 Å². The summed E-state index contributed by atoms with van der Waals surface area (Å²) in [5.41, 5.74) is 1.18. The molecule has 2 aromatic rings. The van der Waals surface area contributed by atoms with E-state index in [4.69, 9.17) is 20.0 Å². The molecule has 0 saturated heterocycles. The van der Waals surface area contributed by atoms with Crippen molar-refractivity contribution in [1.29, 1.82) is 10.5 Å². The van der Waals surface area contributed by atoms with Crippen LogP contribution in [0.1, 0.15) is 32.8 Å². The monoisotopic (exact) mass is 434 g/mol. The fraction of sp³-hybridized carbons (Fsp3) is 0.400. The van der Waals surface area contributed by atoms with E-state index in [2.05, 4.69) is 6.07 Å². The lowest BCUT2D eigenvalue weighted by molar-refractivity contribution is 0.0292. The second-order valence-electron chi connectivity index (χ2n) is 8.70. The number of anilines is 1. The minimum Gasteiger partial charge on any atom is -0.493 e. The van der Waals surface area contributed by atoms with Gasteiger partial charge in [-0.3, -0.25) is 0 Å². The van der Waals surface area contributed by atoms with Gasteiger partial charge in [0.25, 0.3) is 0 Å². The number of nitriles is 2. The summed E-state index contributed by atoms with van der Waals surface area (Å²) in [6, 6.07) is 13.7. The minimum absolute atomic E-state index is 0.00349. The fourth-order valence-corrected chi connectivity index (χ4v) is 2.96. The van der Waals surface area contributed by atoms with Crippen LogP contribution in [-0.2, 0) is 4.74 Å². The highest BCUT2D eigenvalue weighted by atomic mass is 16.6. The van der Waals surface area contributed by atoms with Gasteiger partial charge in [0.15, 0.2) is 0 Å². The first-order valence-electron chi connectivity index (χ1n) is 10.4. The maximum Gasteiger partial charge on any atom is 0.410 e. The molecule has 7 nitrogen and oxygen atoms in total. The average Bonchev–Trinajstić information content (AvgIpc) is 2.72. The lowest BCUT2D eigenvalue weighted by Gasteiger charge is -2.24. The number of hydrogen-bond donors (Lipinski definition) is 0. The van der Waals surface area contributed by atoms with Gasteiger partial charge in [-0.25, -0.2) is 4.79 Å². The lowest BCUT2D eigenvalue weighted by Crippen LogP contribution is -2.35. The van der Waals surface area contributed by atoms with Crippen LogP contribution >= 0.6 is 0 Å². The van der Waals surface area contributed by atoms with Crippen molar-refractivity contribution in [3.8, 4) is 17.9 Å². The number of rotatable bonds is 7. The molecule has 0 heterocycles. The van der Waals surface area contributed by atoms with Gasteiger partial charge < -0.3 is 19.3 Å². The van der Waals surface area contributed by atoms with Crippen molar-refractivity contribution in [2.75, 3.05) is 39.2 Å². The first-order valence-corrected chi connectivity index (χ1v) is 10.4. The normalized spacial score (nSPS) is 10.6. The minimum atomic E-state index is -0.543. The van der Waals surface area contributed by atoms with Crippen molar-refractivity contribution in [2.24, 2.45) is 0 Å². The van der Waals surface area contributed by atoms with E-state index in [1.807, 2.05) is 76.2 Å². The van der Waals surface area contributed by atoms with Gasteiger partial charge in [0, 0.05) is 38.9 Å². The first kappa shape index (κ1) is 24.6.